The first kappa shape index (κ1) is 13.2. The second kappa shape index (κ2) is 5.32. The van der Waals surface area contributed by atoms with Crippen LogP contribution < -0.4 is 4.74 Å². The van der Waals surface area contributed by atoms with Gasteiger partial charge in [0.1, 0.15) is 5.75 Å². The largest absolute Gasteiger partial charge is 0.497 e. The highest BCUT2D eigenvalue weighted by Gasteiger charge is 2.09. The highest BCUT2D eigenvalue weighted by atomic mass is 16.5. The fourth-order valence-corrected chi connectivity index (χ4v) is 2.21. The molecule has 1 heterocycles. The Labute approximate surface area is 122 Å². The van der Waals surface area contributed by atoms with Gasteiger partial charge in [-0.2, -0.15) is 0 Å². The maximum Gasteiger partial charge on any atom is 0.198 e. The van der Waals surface area contributed by atoms with Crippen molar-refractivity contribution in [3.8, 4) is 11.6 Å². The van der Waals surface area contributed by atoms with Crippen LogP contribution in [0.2, 0.25) is 0 Å². The minimum atomic E-state index is 0.106. The van der Waals surface area contributed by atoms with E-state index in [2.05, 4.69) is 9.98 Å². The first-order valence-electron chi connectivity index (χ1n) is 6.67. The number of hydrogen-bond donors (Lipinski definition) is 2. The van der Waals surface area contributed by atoms with E-state index in [1.54, 1.807) is 13.3 Å². The first-order chi connectivity index (χ1) is 10.2. The molecule has 0 saturated carbocycles. The second-order valence-corrected chi connectivity index (χ2v) is 4.89. The minimum Gasteiger partial charge on any atom is -0.497 e. The summed E-state index contributed by atoms with van der Waals surface area (Å²) in [4.78, 5) is 7.34. The van der Waals surface area contributed by atoms with Gasteiger partial charge in [0.15, 0.2) is 5.88 Å². The lowest BCUT2D eigenvalue weighted by molar-refractivity contribution is 0.415. The lowest BCUT2D eigenvalue weighted by atomic mass is 10.1. The number of rotatable bonds is 3. The lowest BCUT2D eigenvalue weighted by Crippen LogP contribution is -1.83. The molecule has 0 saturated heterocycles. The molecule has 0 fully saturated rings. The van der Waals surface area contributed by atoms with Crippen LogP contribution in [-0.2, 0) is 0 Å². The van der Waals surface area contributed by atoms with E-state index in [4.69, 9.17) is 4.74 Å². The number of methoxy groups -OCH3 is 1. The van der Waals surface area contributed by atoms with E-state index in [9.17, 15) is 5.11 Å². The Morgan fingerprint density at radius 3 is 2.62 bits per heavy atom. The second-order valence-electron chi connectivity index (χ2n) is 4.89. The van der Waals surface area contributed by atoms with E-state index in [1.807, 2.05) is 49.4 Å². The highest BCUT2D eigenvalue weighted by Crippen LogP contribution is 2.29. The van der Waals surface area contributed by atoms with Crippen LogP contribution >= 0.6 is 0 Å². The molecule has 4 nitrogen and oxygen atoms in total. The molecule has 0 bridgehead atoms. The van der Waals surface area contributed by atoms with Crippen LogP contribution in [0.3, 0.4) is 0 Å². The normalized spacial score (nSPS) is 11.3. The van der Waals surface area contributed by atoms with E-state index < -0.39 is 0 Å². The number of aromatic hydroxyl groups is 1. The number of aliphatic imine (C=N–C) groups is 1. The summed E-state index contributed by atoms with van der Waals surface area (Å²) >= 11 is 0. The van der Waals surface area contributed by atoms with E-state index in [-0.39, 0.29) is 5.88 Å². The third kappa shape index (κ3) is 2.60. The molecule has 0 aliphatic rings. The molecule has 0 radical (unpaired) electrons. The van der Waals surface area contributed by atoms with Gasteiger partial charge in [-0.25, -0.2) is 0 Å². The maximum atomic E-state index is 10.0. The zero-order chi connectivity index (χ0) is 14.8. The van der Waals surface area contributed by atoms with Gasteiger partial charge in [0, 0.05) is 17.1 Å². The van der Waals surface area contributed by atoms with E-state index >= 15 is 0 Å². The number of fused-ring (bicyclic) bond motifs is 1. The number of aromatic nitrogens is 1. The molecule has 4 heteroatoms. The zero-order valence-electron chi connectivity index (χ0n) is 11.9. The summed E-state index contributed by atoms with van der Waals surface area (Å²) in [5.41, 5.74) is 3.54. The summed E-state index contributed by atoms with van der Waals surface area (Å²) in [6.07, 6.45) is 1.66. The molecular weight excluding hydrogens is 264 g/mol. The lowest BCUT2D eigenvalue weighted by Gasteiger charge is -1.99. The quantitative estimate of drug-likeness (QED) is 0.714. The summed E-state index contributed by atoms with van der Waals surface area (Å²) in [7, 11) is 1.62. The van der Waals surface area contributed by atoms with Crippen molar-refractivity contribution < 1.29 is 9.84 Å². The topological polar surface area (TPSA) is 57.6 Å². The molecule has 106 valence electrons. The van der Waals surface area contributed by atoms with Gasteiger partial charge in [-0.3, -0.25) is 4.99 Å². The van der Waals surface area contributed by atoms with Gasteiger partial charge in [0.05, 0.1) is 18.4 Å². The molecule has 0 amide bonds. The molecule has 0 atom stereocenters. The Hall–Kier alpha value is -2.75. The van der Waals surface area contributed by atoms with Crippen LogP contribution in [-0.4, -0.2) is 23.4 Å². The SMILES string of the molecule is COc1ccc2[nH]c(O)c(C=Nc3ccc(C)cc3)c2c1. The minimum absolute atomic E-state index is 0.106. The predicted octanol–water partition coefficient (Wildman–Crippen LogP) is 3.94. The summed E-state index contributed by atoms with van der Waals surface area (Å²) < 4.78 is 5.22. The molecule has 2 N–H and O–H groups in total. The zero-order valence-corrected chi connectivity index (χ0v) is 11.9. The van der Waals surface area contributed by atoms with Crippen molar-refractivity contribution in [1.29, 1.82) is 0 Å². The van der Waals surface area contributed by atoms with Gasteiger partial charge in [0.25, 0.3) is 0 Å². The van der Waals surface area contributed by atoms with Gasteiger partial charge < -0.3 is 14.8 Å². The highest BCUT2D eigenvalue weighted by molar-refractivity contribution is 6.03. The molecule has 2 aromatic carbocycles. The van der Waals surface area contributed by atoms with E-state index in [0.29, 0.717) is 5.56 Å². The molecule has 0 aliphatic carbocycles. The standard InChI is InChI=1S/C17H16N2O2/c1-11-3-5-12(6-4-11)18-10-15-14-9-13(21-2)7-8-16(14)19-17(15)20/h3-10,19-20H,1-2H3. The number of nitrogens with zero attached hydrogens (tertiary/aromatic N) is 1. The van der Waals surface area contributed by atoms with Crippen molar-refractivity contribution >= 4 is 22.8 Å². The van der Waals surface area contributed by atoms with Crippen molar-refractivity contribution in [3.05, 3.63) is 53.6 Å². The number of aryl methyl sites for hydroxylation is 1. The number of ether oxygens (including phenoxy) is 1. The average molecular weight is 280 g/mol. The molecule has 3 rings (SSSR count). The molecule has 21 heavy (non-hydrogen) atoms. The fourth-order valence-electron chi connectivity index (χ4n) is 2.21. The van der Waals surface area contributed by atoms with Crippen molar-refractivity contribution in [3.63, 3.8) is 0 Å². The van der Waals surface area contributed by atoms with E-state index in [1.165, 1.54) is 5.56 Å². The van der Waals surface area contributed by atoms with Gasteiger partial charge in [-0.05, 0) is 37.3 Å². The smallest absolute Gasteiger partial charge is 0.198 e. The van der Waals surface area contributed by atoms with Gasteiger partial charge in [-0.15, -0.1) is 0 Å². The van der Waals surface area contributed by atoms with Crippen molar-refractivity contribution in [2.24, 2.45) is 4.99 Å². The van der Waals surface area contributed by atoms with Crippen LogP contribution in [0.5, 0.6) is 11.6 Å². The third-order valence-corrected chi connectivity index (χ3v) is 3.40. The molecule has 0 unspecified atom stereocenters. The molecular formula is C17H16N2O2. The summed E-state index contributed by atoms with van der Waals surface area (Å²) in [5, 5.41) is 10.9. The van der Waals surface area contributed by atoms with E-state index in [0.717, 1.165) is 22.3 Å². The molecule has 1 aromatic heterocycles. The first-order valence-corrected chi connectivity index (χ1v) is 6.67. The monoisotopic (exact) mass is 280 g/mol. The van der Waals surface area contributed by atoms with Crippen LogP contribution in [0.1, 0.15) is 11.1 Å². The van der Waals surface area contributed by atoms with Crippen LogP contribution in [0, 0.1) is 6.92 Å². The Kier molecular flexibility index (Phi) is 3.36. The average Bonchev–Trinajstić information content (AvgIpc) is 2.81. The van der Waals surface area contributed by atoms with Crippen molar-refractivity contribution in [1.82, 2.24) is 4.98 Å². The maximum absolute atomic E-state index is 10.0. The van der Waals surface area contributed by atoms with Gasteiger partial charge >= 0.3 is 0 Å². The summed E-state index contributed by atoms with van der Waals surface area (Å²) in [6, 6.07) is 13.5. The van der Waals surface area contributed by atoms with Crippen molar-refractivity contribution in [2.75, 3.05) is 7.11 Å². The number of nitrogens with one attached hydrogen (secondary N) is 1. The molecule has 0 aliphatic heterocycles. The Morgan fingerprint density at radius 2 is 1.90 bits per heavy atom. The number of hydrogen-bond acceptors (Lipinski definition) is 3. The van der Waals surface area contributed by atoms with Crippen molar-refractivity contribution in [2.45, 2.75) is 6.92 Å². The summed E-state index contributed by atoms with van der Waals surface area (Å²) in [6.45, 7) is 2.03. The molecule has 0 spiro atoms. The molecule has 3 aromatic rings. The number of aromatic amines is 1. The van der Waals surface area contributed by atoms with Crippen LogP contribution in [0.4, 0.5) is 5.69 Å². The number of benzene rings is 2. The van der Waals surface area contributed by atoms with Gasteiger partial charge in [-0.1, -0.05) is 17.7 Å². The third-order valence-electron chi connectivity index (χ3n) is 3.40. The number of H-pyrrole nitrogens is 1. The predicted molar refractivity (Wildman–Crippen MR) is 84.9 cm³/mol. The summed E-state index contributed by atoms with van der Waals surface area (Å²) in [5.74, 6) is 0.848. The Bertz CT molecular complexity index is 802. The fraction of sp³-hybridized carbons (Fsp3) is 0.118. The van der Waals surface area contributed by atoms with Crippen LogP contribution in [0.25, 0.3) is 10.9 Å². The Balaban J connectivity index is 2.03. The van der Waals surface area contributed by atoms with Crippen LogP contribution in [0.15, 0.2) is 47.5 Å². The van der Waals surface area contributed by atoms with Gasteiger partial charge in [0.2, 0.25) is 0 Å². The Morgan fingerprint density at radius 1 is 1.14 bits per heavy atom.